The van der Waals surface area contributed by atoms with Crippen LogP contribution in [0.3, 0.4) is 0 Å². The van der Waals surface area contributed by atoms with Crippen molar-refractivity contribution in [3.8, 4) is 0 Å². The second-order valence-electron chi connectivity index (χ2n) is 7.89. The van der Waals surface area contributed by atoms with Crippen LogP contribution in [0.25, 0.3) is 0 Å². The lowest BCUT2D eigenvalue weighted by atomic mass is 10.0. The summed E-state index contributed by atoms with van der Waals surface area (Å²) in [7, 11) is 1.39. The Morgan fingerprint density at radius 3 is 2.45 bits per heavy atom. The predicted molar refractivity (Wildman–Crippen MR) is 121 cm³/mol. The Morgan fingerprint density at radius 1 is 1.21 bits per heavy atom. The molecule has 2 N–H and O–H groups in total. The molecule has 1 heterocycles. The van der Waals surface area contributed by atoms with Crippen molar-refractivity contribution in [2.45, 2.75) is 52.2 Å². The highest BCUT2D eigenvalue weighted by atomic mass is 127. The van der Waals surface area contributed by atoms with E-state index in [0.717, 1.165) is 20.4 Å². The van der Waals surface area contributed by atoms with Gasteiger partial charge in [-0.05, 0) is 79.8 Å². The largest absolute Gasteiger partial charge is 0.468 e. The summed E-state index contributed by atoms with van der Waals surface area (Å²) in [6.07, 6.45) is 1.12. The van der Waals surface area contributed by atoms with Gasteiger partial charge in [0.05, 0.1) is 10.8 Å². The van der Waals surface area contributed by atoms with Gasteiger partial charge in [0.2, 0.25) is 0 Å². The van der Waals surface area contributed by atoms with Crippen LogP contribution in [-0.4, -0.2) is 42.2 Å². The zero-order valence-electron chi connectivity index (χ0n) is 17.6. The maximum atomic E-state index is 12.6. The summed E-state index contributed by atoms with van der Waals surface area (Å²) in [5.74, 6) is -0.672. The Morgan fingerprint density at radius 2 is 1.86 bits per heavy atom. The number of ether oxygens (including phenoxy) is 2. The van der Waals surface area contributed by atoms with E-state index < -0.39 is 11.6 Å². The third-order valence-corrected chi connectivity index (χ3v) is 5.53. The van der Waals surface area contributed by atoms with Crippen LogP contribution in [0, 0.1) is 10.6 Å². The van der Waals surface area contributed by atoms with Gasteiger partial charge in [-0.3, -0.25) is 4.79 Å². The van der Waals surface area contributed by atoms with Crippen molar-refractivity contribution in [3.63, 3.8) is 0 Å². The highest BCUT2D eigenvalue weighted by Gasteiger charge is 2.25. The van der Waals surface area contributed by atoms with E-state index in [4.69, 9.17) is 9.47 Å². The molecule has 7 heteroatoms. The maximum Gasteiger partial charge on any atom is 0.355 e. The number of hydrogen-bond donors (Lipinski definition) is 2. The molecule has 0 saturated carbocycles. The van der Waals surface area contributed by atoms with Crippen molar-refractivity contribution >= 4 is 34.5 Å². The summed E-state index contributed by atoms with van der Waals surface area (Å²) in [5.41, 5.74) is 2.88. The van der Waals surface area contributed by atoms with Crippen LogP contribution in [0.15, 0.2) is 30.3 Å². The summed E-state index contributed by atoms with van der Waals surface area (Å²) in [6.45, 7) is 8.03. The number of methoxy groups -OCH3 is 1. The summed E-state index contributed by atoms with van der Waals surface area (Å²) in [6, 6.07) is 9.35. The molecule has 0 fully saturated rings. The second-order valence-corrected chi connectivity index (χ2v) is 8.97. The van der Waals surface area contributed by atoms with Crippen molar-refractivity contribution in [2.75, 3.05) is 13.7 Å². The van der Waals surface area contributed by atoms with E-state index in [9.17, 15) is 9.59 Å². The summed E-state index contributed by atoms with van der Waals surface area (Å²) < 4.78 is 11.4. The van der Waals surface area contributed by atoms with Crippen LogP contribution < -0.4 is 5.32 Å². The standard InChI is InChI=1S/C22H29IN2O4/c1-14-16(18(25-19(14)23)21(27)29-22(2,3)4)11-12-24-17(20(26)28-5)13-15-9-7-6-8-10-15/h6-10,17,24-25H,11-13H2,1-5H3/t17-/m0/s1. The number of rotatable bonds is 8. The van der Waals surface area contributed by atoms with Gasteiger partial charge in [-0.15, -0.1) is 0 Å². The van der Waals surface area contributed by atoms with Crippen molar-refractivity contribution < 1.29 is 19.1 Å². The first kappa shape index (κ1) is 23.4. The van der Waals surface area contributed by atoms with Crippen LogP contribution in [0.2, 0.25) is 0 Å². The molecule has 0 saturated heterocycles. The molecule has 0 aliphatic carbocycles. The van der Waals surface area contributed by atoms with E-state index in [0.29, 0.717) is 25.1 Å². The van der Waals surface area contributed by atoms with Gasteiger partial charge in [0.25, 0.3) is 0 Å². The van der Waals surface area contributed by atoms with Crippen LogP contribution in [0.1, 0.15) is 48.0 Å². The first-order valence-corrected chi connectivity index (χ1v) is 10.7. The lowest BCUT2D eigenvalue weighted by Gasteiger charge is -2.20. The highest BCUT2D eigenvalue weighted by Crippen LogP contribution is 2.23. The summed E-state index contributed by atoms with van der Waals surface area (Å²) >= 11 is 2.18. The molecule has 0 radical (unpaired) electrons. The van der Waals surface area contributed by atoms with Crippen LogP contribution in [-0.2, 0) is 27.1 Å². The Kier molecular flexibility index (Phi) is 8.27. The van der Waals surface area contributed by atoms with Crippen LogP contribution >= 0.6 is 22.6 Å². The fourth-order valence-electron chi connectivity index (χ4n) is 3.02. The molecule has 0 unspecified atom stereocenters. The van der Waals surface area contributed by atoms with Crippen LogP contribution in [0.4, 0.5) is 0 Å². The molecule has 0 spiro atoms. The van der Waals surface area contributed by atoms with Crippen molar-refractivity contribution in [2.24, 2.45) is 0 Å². The number of H-pyrrole nitrogens is 1. The van der Waals surface area contributed by atoms with Gasteiger partial charge in [0, 0.05) is 6.54 Å². The maximum absolute atomic E-state index is 12.6. The van der Waals surface area contributed by atoms with E-state index in [-0.39, 0.29) is 11.9 Å². The molecule has 1 aromatic heterocycles. The molecule has 1 atom stereocenters. The molecule has 0 amide bonds. The van der Waals surface area contributed by atoms with Crippen molar-refractivity contribution in [3.05, 3.63) is 56.4 Å². The molecular weight excluding hydrogens is 483 g/mol. The normalized spacial score (nSPS) is 12.5. The Bertz CT molecular complexity index is 840. The quantitative estimate of drug-likeness (QED) is 0.416. The molecule has 6 nitrogen and oxygen atoms in total. The Labute approximate surface area is 185 Å². The average Bonchev–Trinajstić information content (AvgIpc) is 2.94. The number of hydrogen-bond acceptors (Lipinski definition) is 5. The third kappa shape index (κ3) is 6.85. The van der Waals surface area contributed by atoms with Gasteiger partial charge in [0.1, 0.15) is 17.3 Å². The SMILES string of the molecule is COC(=O)[C@H](Cc1ccccc1)NCCc1c(C(=O)OC(C)(C)C)[nH]c(I)c1C. The zero-order chi connectivity index (χ0) is 21.6. The van der Waals surface area contributed by atoms with Gasteiger partial charge in [-0.25, -0.2) is 4.79 Å². The molecule has 158 valence electrons. The molecule has 29 heavy (non-hydrogen) atoms. The number of carbonyl (C=O) groups is 2. The van der Waals surface area contributed by atoms with E-state index in [1.165, 1.54) is 7.11 Å². The highest BCUT2D eigenvalue weighted by molar-refractivity contribution is 14.1. The topological polar surface area (TPSA) is 80.4 Å². The monoisotopic (exact) mass is 512 g/mol. The molecule has 0 aliphatic rings. The number of carbonyl (C=O) groups excluding carboxylic acids is 2. The third-order valence-electron chi connectivity index (χ3n) is 4.46. The Hall–Kier alpha value is -1.87. The lowest BCUT2D eigenvalue weighted by molar-refractivity contribution is -0.143. The first-order chi connectivity index (χ1) is 13.6. The molecule has 2 rings (SSSR count). The number of benzene rings is 1. The smallest absolute Gasteiger partial charge is 0.355 e. The minimum atomic E-state index is -0.567. The number of aromatic nitrogens is 1. The molecule has 0 bridgehead atoms. The zero-order valence-corrected chi connectivity index (χ0v) is 19.8. The molecule has 2 aromatic rings. The van der Waals surface area contributed by atoms with Gasteiger partial charge in [-0.1, -0.05) is 30.3 Å². The van der Waals surface area contributed by atoms with Gasteiger partial charge in [-0.2, -0.15) is 0 Å². The fourth-order valence-corrected chi connectivity index (χ4v) is 3.61. The summed E-state index contributed by atoms with van der Waals surface area (Å²) in [4.78, 5) is 27.9. The van der Waals surface area contributed by atoms with Crippen LogP contribution in [0.5, 0.6) is 0 Å². The van der Waals surface area contributed by atoms with E-state index >= 15 is 0 Å². The van der Waals surface area contributed by atoms with E-state index in [2.05, 4.69) is 32.9 Å². The average molecular weight is 512 g/mol. The van der Waals surface area contributed by atoms with E-state index in [1.807, 2.05) is 58.0 Å². The van der Waals surface area contributed by atoms with Gasteiger partial charge in [0.15, 0.2) is 0 Å². The molecule has 0 aliphatic heterocycles. The Balaban J connectivity index is 2.09. The minimum Gasteiger partial charge on any atom is -0.468 e. The van der Waals surface area contributed by atoms with Gasteiger partial charge < -0.3 is 19.8 Å². The van der Waals surface area contributed by atoms with Crippen molar-refractivity contribution in [1.82, 2.24) is 10.3 Å². The molecular formula is C22H29IN2O4. The van der Waals surface area contributed by atoms with Gasteiger partial charge >= 0.3 is 11.9 Å². The van der Waals surface area contributed by atoms with Crippen molar-refractivity contribution in [1.29, 1.82) is 0 Å². The first-order valence-electron chi connectivity index (χ1n) is 9.57. The summed E-state index contributed by atoms with van der Waals surface area (Å²) in [5, 5.41) is 3.28. The predicted octanol–water partition coefficient (Wildman–Crippen LogP) is 3.80. The number of halogens is 1. The second kappa shape index (κ2) is 10.2. The molecule has 1 aromatic carbocycles. The number of aromatic amines is 1. The fraction of sp³-hybridized carbons (Fsp3) is 0.455. The minimum absolute atomic E-state index is 0.304. The number of esters is 2. The lowest BCUT2D eigenvalue weighted by Crippen LogP contribution is -2.40. The number of nitrogens with one attached hydrogen (secondary N) is 2. The van der Waals surface area contributed by atoms with E-state index in [1.54, 1.807) is 0 Å².